The molecule has 4 aromatic carbocycles. The minimum atomic E-state index is -3.28. The molecular weight excluding hydrogens is 841 g/mol. The van der Waals surface area contributed by atoms with Crippen LogP contribution in [0, 0.1) is 0 Å². The zero-order valence-electron chi connectivity index (χ0n) is 41.1. The third kappa shape index (κ3) is 18.0. The summed E-state index contributed by atoms with van der Waals surface area (Å²) in [5, 5.41) is 22.9. The molecule has 1 saturated heterocycles. The van der Waals surface area contributed by atoms with Gasteiger partial charge in [0.2, 0.25) is 5.91 Å². The lowest BCUT2D eigenvalue weighted by atomic mass is 9.68. The lowest BCUT2D eigenvalue weighted by molar-refractivity contribution is -0.117. The highest BCUT2D eigenvalue weighted by Crippen LogP contribution is 2.56. The van der Waals surface area contributed by atoms with Crippen LogP contribution in [0.5, 0.6) is 11.5 Å². The van der Waals surface area contributed by atoms with Crippen molar-refractivity contribution >= 4 is 16.0 Å². The second-order valence-electron chi connectivity index (χ2n) is 19.6. The molecule has 1 fully saturated rings. The number of carbonyl (C=O) groups is 1. The highest BCUT2D eigenvalue weighted by Gasteiger charge is 2.46. The molecule has 1 amide bonds. The van der Waals surface area contributed by atoms with Crippen LogP contribution in [0.1, 0.15) is 112 Å². The molecule has 1 aliphatic carbocycles. The number of nitrogens with one attached hydrogen (secondary N) is 1. The van der Waals surface area contributed by atoms with Crippen LogP contribution >= 0.6 is 0 Å². The largest absolute Gasteiger partial charge is 0.491 e. The molecule has 1 heterocycles. The van der Waals surface area contributed by atoms with Crippen LogP contribution in [0.2, 0.25) is 0 Å². The maximum Gasteiger partial charge on any atom is 0.264 e. The van der Waals surface area contributed by atoms with Crippen LogP contribution in [0.3, 0.4) is 0 Å². The normalized spacial score (nSPS) is 15.0. The molecular formula is C53H76N2O9S. The lowest BCUT2D eigenvalue weighted by Gasteiger charge is -2.34. The number of aliphatic hydroxyl groups excluding tert-OH is 2. The van der Waals surface area contributed by atoms with E-state index in [0.29, 0.717) is 17.7 Å². The molecule has 2 unspecified atom stereocenters. The molecule has 11 nitrogen and oxygen atoms in total. The fourth-order valence-corrected chi connectivity index (χ4v) is 7.98. The van der Waals surface area contributed by atoms with Gasteiger partial charge in [-0.25, -0.2) is 0 Å². The van der Waals surface area contributed by atoms with Gasteiger partial charge in [-0.1, -0.05) is 86.3 Å². The summed E-state index contributed by atoms with van der Waals surface area (Å²) in [7, 11) is -3.28. The van der Waals surface area contributed by atoms with Crippen molar-refractivity contribution in [2.24, 2.45) is 0 Å². The Labute approximate surface area is 390 Å². The second-order valence-corrected chi connectivity index (χ2v) is 21.2. The first-order valence-electron chi connectivity index (χ1n) is 22.4. The predicted octanol–water partition coefficient (Wildman–Crippen LogP) is 9.31. The van der Waals surface area contributed by atoms with Crippen LogP contribution in [-0.2, 0) is 29.2 Å². The van der Waals surface area contributed by atoms with Gasteiger partial charge in [0.1, 0.15) is 30.8 Å². The maximum atomic E-state index is 10.6. The number of hydrogen-bond donors (Lipinski definition) is 3. The second kappa shape index (κ2) is 23.8. The Hall–Kier alpha value is -4.56. The molecule has 1 aliphatic heterocycles. The van der Waals surface area contributed by atoms with Crippen molar-refractivity contribution in [3.8, 4) is 22.6 Å². The van der Waals surface area contributed by atoms with Crippen LogP contribution in [-0.4, -0.2) is 104 Å². The molecule has 65 heavy (non-hydrogen) atoms. The average Bonchev–Trinajstić information content (AvgIpc) is 4.05. The van der Waals surface area contributed by atoms with Crippen molar-refractivity contribution in [3.63, 3.8) is 0 Å². The lowest BCUT2D eigenvalue weighted by Crippen LogP contribution is -2.39. The molecule has 6 rings (SSSR count). The zero-order chi connectivity index (χ0) is 48.8. The van der Waals surface area contributed by atoms with Crippen LogP contribution in [0.4, 0.5) is 0 Å². The van der Waals surface area contributed by atoms with Gasteiger partial charge in [-0.3, -0.25) is 13.9 Å². The number of rotatable bonds is 14. The number of benzene rings is 4. The van der Waals surface area contributed by atoms with E-state index in [9.17, 15) is 23.4 Å². The minimum Gasteiger partial charge on any atom is -0.491 e. The summed E-state index contributed by atoms with van der Waals surface area (Å²) in [5.41, 5.74) is 6.30. The maximum absolute atomic E-state index is 10.6. The topological polar surface area (TPSA) is 144 Å². The number of nitrogens with zero attached hydrogens (tertiary/aromatic N) is 1. The van der Waals surface area contributed by atoms with Gasteiger partial charge in [0.25, 0.3) is 10.1 Å². The third-order valence-electron chi connectivity index (χ3n) is 9.99. The Bertz CT molecular complexity index is 2150. The zero-order valence-corrected chi connectivity index (χ0v) is 41.9. The number of ether oxygens (including phenoxy) is 3. The van der Waals surface area contributed by atoms with Gasteiger partial charge in [0.05, 0.1) is 36.1 Å². The predicted molar refractivity (Wildman–Crippen MR) is 263 cm³/mol. The van der Waals surface area contributed by atoms with Gasteiger partial charge in [-0.05, 0) is 146 Å². The average molecular weight is 917 g/mol. The molecule has 3 N–H and O–H groups in total. The number of hydrogen-bond acceptors (Lipinski definition) is 10. The SMILES string of the molecule is C=CC(=O)NC(C)(C)C.CC(C)(C)N1CC1.CC(C)(C)OS(C)(=O)=O.CCC(O)COc1ccc(C2(c3ccc(OCC(O)COC(C)C)cc3)c3ccccc3-c3ccccc32)cc1. The Balaban J connectivity index is 0.000000363. The molecule has 2 atom stereocenters. The van der Waals surface area contributed by atoms with Gasteiger partial charge in [-0.2, -0.15) is 8.42 Å². The summed E-state index contributed by atoms with van der Waals surface area (Å²) in [6, 6.07) is 33.6. The molecule has 4 aromatic rings. The van der Waals surface area contributed by atoms with Gasteiger partial charge in [0, 0.05) is 24.2 Å². The van der Waals surface area contributed by atoms with Crippen molar-refractivity contribution in [3.05, 3.63) is 132 Å². The summed E-state index contributed by atoms with van der Waals surface area (Å²) in [5.74, 6) is 1.30. The Kier molecular flexibility index (Phi) is 20.0. The van der Waals surface area contributed by atoms with E-state index in [1.165, 1.54) is 41.4 Å². The van der Waals surface area contributed by atoms with Crippen molar-refractivity contribution in [2.75, 3.05) is 39.2 Å². The molecule has 2 aliphatic rings. The highest BCUT2D eigenvalue weighted by atomic mass is 32.2. The summed E-state index contributed by atoms with van der Waals surface area (Å²) in [4.78, 5) is 13.0. The minimum absolute atomic E-state index is 0.0610. The molecule has 358 valence electrons. The van der Waals surface area contributed by atoms with E-state index in [1.807, 2.05) is 65.8 Å². The Morgan fingerprint density at radius 1 is 0.738 bits per heavy atom. The Morgan fingerprint density at radius 2 is 1.17 bits per heavy atom. The smallest absolute Gasteiger partial charge is 0.264 e. The van der Waals surface area contributed by atoms with Crippen LogP contribution in [0.25, 0.3) is 11.1 Å². The Morgan fingerprint density at radius 3 is 1.46 bits per heavy atom. The number of carbonyl (C=O) groups excluding carboxylic acids is 1. The molecule has 0 bridgehead atoms. The first-order chi connectivity index (χ1) is 30.2. The first kappa shape index (κ1) is 54.8. The van der Waals surface area contributed by atoms with E-state index in [4.69, 9.17) is 14.2 Å². The number of aliphatic hydroxyl groups is 2. The number of fused-ring (bicyclic) bond motifs is 3. The molecule has 0 spiro atoms. The summed E-state index contributed by atoms with van der Waals surface area (Å²) in [6.45, 7) is 30.0. The summed E-state index contributed by atoms with van der Waals surface area (Å²) in [6.07, 6.45) is 1.85. The summed E-state index contributed by atoms with van der Waals surface area (Å²) < 4.78 is 42.7. The van der Waals surface area contributed by atoms with Crippen LogP contribution < -0.4 is 14.8 Å². The molecule has 0 aromatic heterocycles. The fourth-order valence-electron chi connectivity index (χ4n) is 7.08. The quantitative estimate of drug-likeness (QED) is 0.0561. The van der Waals surface area contributed by atoms with Crippen molar-refractivity contribution in [2.45, 2.75) is 130 Å². The van der Waals surface area contributed by atoms with Crippen molar-refractivity contribution in [1.82, 2.24) is 10.2 Å². The molecule has 0 saturated carbocycles. The van der Waals surface area contributed by atoms with E-state index < -0.39 is 33.3 Å². The van der Waals surface area contributed by atoms with Gasteiger partial charge in [-0.15, -0.1) is 0 Å². The van der Waals surface area contributed by atoms with E-state index in [-0.39, 0.29) is 37.4 Å². The van der Waals surface area contributed by atoms with E-state index >= 15 is 0 Å². The van der Waals surface area contributed by atoms with E-state index in [0.717, 1.165) is 23.1 Å². The van der Waals surface area contributed by atoms with Crippen LogP contribution in [0.15, 0.2) is 110 Å². The van der Waals surface area contributed by atoms with Gasteiger partial charge >= 0.3 is 0 Å². The monoisotopic (exact) mass is 917 g/mol. The van der Waals surface area contributed by atoms with Gasteiger partial charge in [0.15, 0.2) is 0 Å². The molecule has 12 heteroatoms. The third-order valence-corrected chi connectivity index (χ3v) is 10.8. The van der Waals surface area contributed by atoms with E-state index in [1.54, 1.807) is 20.8 Å². The van der Waals surface area contributed by atoms with Crippen molar-refractivity contribution in [1.29, 1.82) is 0 Å². The first-order valence-corrected chi connectivity index (χ1v) is 24.3. The summed E-state index contributed by atoms with van der Waals surface area (Å²) >= 11 is 0. The standard InChI is InChI=1S/C35H38O5.C7H13NO.C6H13N.C5H12O3S/c1-4-27(36)21-39-29-17-13-25(14-18-29)35(33-11-7-5-9-31(33)32-10-6-8-12-34(32)35)26-15-19-30(20-16-26)40-23-28(37)22-38-24(2)3;1-5-6(9)8-7(2,3)4;1-6(2,3)7-4-5-7;1-5(2,3)8-9(4,6)7/h5-20,24,27-28,36-37H,4,21-23H2,1-3H3;5H,1H2,2-4H3,(H,8,9);4-5H2,1-3H3;1-4H3. The van der Waals surface area contributed by atoms with Gasteiger partial charge < -0.3 is 29.7 Å². The fraction of sp³-hybridized carbons (Fsp3) is 0.491. The molecule has 0 radical (unpaired) electrons. The van der Waals surface area contributed by atoms with Crippen molar-refractivity contribution < 1.29 is 41.8 Å². The number of amides is 1. The highest BCUT2D eigenvalue weighted by molar-refractivity contribution is 7.86. The van der Waals surface area contributed by atoms with E-state index in [2.05, 4.69) is 115 Å².